The summed E-state index contributed by atoms with van der Waals surface area (Å²) in [7, 11) is 0. The van der Waals surface area contributed by atoms with Gasteiger partial charge in [0.2, 0.25) is 0 Å². The Morgan fingerprint density at radius 1 is 1.00 bits per heavy atom. The Bertz CT molecular complexity index is 858. The quantitative estimate of drug-likeness (QED) is 0.766. The van der Waals surface area contributed by atoms with Gasteiger partial charge in [-0.3, -0.25) is 9.59 Å². The van der Waals surface area contributed by atoms with Crippen LogP contribution in [0.2, 0.25) is 0 Å². The van der Waals surface area contributed by atoms with Gasteiger partial charge < -0.3 is 9.80 Å². The molecule has 1 saturated heterocycles. The van der Waals surface area contributed by atoms with Crippen molar-refractivity contribution in [1.29, 1.82) is 0 Å². The van der Waals surface area contributed by atoms with Crippen LogP contribution < -0.4 is 4.90 Å². The number of benzene rings is 1. The number of Topliss-reactive ketones (excluding diaryl/α,β-unsaturated/α-hetero) is 1. The maximum Gasteiger partial charge on any atom is 0.253 e. The summed E-state index contributed by atoms with van der Waals surface area (Å²) in [4.78, 5) is 33.0. The molecule has 5 nitrogen and oxygen atoms in total. The first-order valence-corrected chi connectivity index (χ1v) is 9.44. The highest BCUT2D eigenvalue weighted by molar-refractivity contribution is 6.00. The largest absolute Gasteiger partial charge is 0.353 e. The minimum absolute atomic E-state index is 0.00112. The number of amides is 1. The van der Waals surface area contributed by atoms with E-state index < -0.39 is 0 Å². The van der Waals surface area contributed by atoms with Gasteiger partial charge in [-0.2, -0.15) is 0 Å². The van der Waals surface area contributed by atoms with Crippen molar-refractivity contribution in [3.63, 3.8) is 0 Å². The lowest BCUT2D eigenvalue weighted by Crippen LogP contribution is -2.49. The molecule has 1 aliphatic heterocycles. The Morgan fingerprint density at radius 2 is 1.78 bits per heavy atom. The lowest BCUT2D eigenvalue weighted by molar-refractivity contribution is 0.0746. The molecule has 2 aromatic rings. The molecule has 0 unspecified atom stereocenters. The average molecular weight is 367 g/mol. The molecule has 0 atom stereocenters. The zero-order valence-electron chi connectivity index (χ0n) is 15.2. The third-order valence-electron chi connectivity index (χ3n) is 5.36. The van der Waals surface area contributed by atoms with Crippen LogP contribution in [0.25, 0.3) is 0 Å². The molecule has 1 aromatic carbocycles. The van der Waals surface area contributed by atoms with Gasteiger partial charge in [0.05, 0.1) is 6.20 Å². The van der Waals surface area contributed by atoms with E-state index in [-0.39, 0.29) is 17.5 Å². The van der Waals surface area contributed by atoms with Crippen molar-refractivity contribution in [3.8, 4) is 0 Å². The zero-order chi connectivity index (χ0) is 18.8. The number of aryl methyl sites for hydroxylation is 1. The highest BCUT2D eigenvalue weighted by atomic mass is 19.1. The fourth-order valence-electron chi connectivity index (χ4n) is 3.82. The van der Waals surface area contributed by atoms with Crippen molar-refractivity contribution >= 4 is 17.5 Å². The van der Waals surface area contributed by atoms with Crippen LogP contribution >= 0.6 is 0 Å². The number of hydrogen-bond donors (Lipinski definition) is 0. The van der Waals surface area contributed by atoms with Gasteiger partial charge in [-0.1, -0.05) is 6.07 Å². The number of ketones is 1. The number of hydrogen-bond acceptors (Lipinski definition) is 4. The highest BCUT2D eigenvalue weighted by Gasteiger charge is 2.24. The molecular weight excluding hydrogens is 345 g/mol. The second-order valence-electron chi connectivity index (χ2n) is 7.12. The number of carbonyl (C=O) groups excluding carboxylic acids is 2. The van der Waals surface area contributed by atoms with E-state index in [0.29, 0.717) is 38.2 Å². The SMILES string of the molecule is O=C1CCCCc2cc(C(=O)N3CCN(c4ccc(F)cn4)CC3)ccc21. The fourth-order valence-corrected chi connectivity index (χ4v) is 3.82. The molecule has 27 heavy (non-hydrogen) atoms. The summed E-state index contributed by atoms with van der Waals surface area (Å²) in [6, 6.07) is 8.55. The molecule has 0 radical (unpaired) electrons. The maximum absolute atomic E-state index is 13.0. The second kappa shape index (κ2) is 7.47. The topological polar surface area (TPSA) is 53.5 Å². The first-order valence-electron chi connectivity index (χ1n) is 9.44. The Kier molecular flexibility index (Phi) is 4.88. The van der Waals surface area contributed by atoms with E-state index in [1.54, 1.807) is 12.1 Å². The van der Waals surface area contributed by atoms with Gasteiger partial charge >= 0.3 is 0 Å². The zero-order valence-corrected chi connectivity index (χ0v) is 15.2. The normalized spacial score (nSPS) is 17.4. The minimum Gasteiger partial charge on any atom is -0.353 e. The van der Waals surface area contributed by atoms with Crippen LogP contribution in [0.3, 0.4) is 0 Å². The van der Waals surface area contributed by atoms with Crippen molar-refractivity contribution in [2.45, 2.75) is 25.7 Å². The lowest BCUT2D eigenvalue weighted by Gasteiger charge is -2.35. The van der Waals surface area contributed by atoms with Gasteiger partial charge in [-0.25, -0.2) is 9.37 Å². The van der Waals surface area contributed by atoms with E-state index in [2.05, 4.69) is 9.88 Å². The maximum atomic E-state index is 13.0. The third-order valence-corrected chi connectivity index (χ3v) is 5.36. The summed E-state index contributed by atoms with van der Waals surface area (Å²) < 4.78 is 13.0. The number of halogens is 1. The van der Waals surface area contributed by atoms with E-state index in [0.717, 1.165) is 36.2 Å². The van der Waals surface area contributed by atoms with E-state index in [9.17, 15) is 14.0 Å². The van der Waals surface area contributed by atoms with Crippen molar-refractivity contribution in [2.24, 2.45) is 0 Å². The molecule has 6 heteroatoms. The molecular formula is C21H22FN3O2. The third kappa shape index (κ3) is 3.70. The fraction of sp³-hybridized carbons (Fsp3) is 0.381. The number of rotatable bonds is 2. The van der Waals surface area contributed by atoms with Crippen LogP contribution in [0.1, 0.15) is 45.5 Å². The Morgan fingerprint density at radius 3 is 2.52 bits per heavy atom. The molecule has 1 aromatic heterocycles. The first kappa shape index (κ1) is 17.6. The number of pyridine rings is 1. The van der Waals surface area contributed by atoms with E-state index in [1.807, 2.05) is 17.0 Å². The predicted molar refractivity (Wildman–Crippen MR) is 101 cm³/mol. The standard InChI is InChI=1S/C21H22FN3O2/c22-17-6-8-20(23-14-17)24-9-11-25(12-10-24)21(27)16-5-7-18-15(13-16)3-1-2-4-19(18)26/h5-8,13-14H,1-4,9-12H2. The van der Waals surface area contributed by atoms with Gasteiger partial charge in [-0.15, -0.1) is 0 Å². The number of nitrogens with zero attached hydrogens (tertiary/aromatic N) is 3. The Labute approximate surface area is 157 Å². The highest BCUT2D eigenvalue weighted by Crippen LogP contribution is 2.23. The Balaban J connectivity index is 1.44. The van der Waals surface area contributed by atoms with Crippen LogP contribution in [-0.4, -0.2) is 47.8 Å². The molecule has 0 N–H and O–H groups in total. The van der Waals surface area contributed by atoms with Gasteiger partial charge in [0.1, 0.15) is 11.6 Å². The summed E-state index contributed by atoms with van der Waals surface area (Å²) in [6.45, 7) is 2.50. The number of anilines is 1. The van der Waals surface area contributed by atoms with E-state index in [1.165, 1.54) is 12.3 Å². The molecule has 140 valence electrons. The number of carbonyl (C=O) groups is 2. The van der Waals surface area contributed by atoms with Crippen LogP contribution in [-0.2, 0) is 6.42 Å². The summed E-state index contributed by atoms with van der Waals surface area (Å²) in [5, 5.41) is 0. The van der Waals surface area contributed by atoms with Crippen molar-refractivity contribution in [3.05, 3.63) is 59.0 Å². The van der Waals surface area contributed by atoms with Gasteiger partial charge in [0.25, 0.3) is 5.91 Å². The molecule has 2 aliphatic rings. The van der Waals surface area contributed by atoms with Gasteiger partial charge in [-0.05, 0) is 49.1 Å². The smallest absolute Gasteiger partial charge is 0.253 e. The summed E-state index contributed by atoms with van der Waals surface area (Å²) >= 11 is 0. The van der Waals surface area contributed by atoms with E-state index in [4.69, 9.17) is 0 Å². The van der Waals surface area contributed by atoms with E-state index >= 15 is 0 Å². The average Bonchev–Trinajstić information content (AvgIpc) is 2.89. The number of piperazine rings is 1. The number of aromatic nitrogens is 1. The van der Waals surface area contributed by atoms with Crippen LogP contribution in [0.5, 0.6) is 0 Å². The molecule has 4 rings (SSSR count). The Hall–Kier alpha value is -2.76. The summed E-state index contributed by atoms with van der Waals surface area (Å²) in [6.07, 6.45) is 4.56. The minimum atomic E-state index is -0.353. The van der Waals surface area contributed by atoms with Gasteiger partial charge in [0, 0.05) is 43.7 Å². The van der Waals surface area contributed by atoms with Crippen molar-refractivity contribution in [1.82, 2.24) is 9.88 Å². The van der Waals surface area contributed by atoms with Gasteiger partial charge in [0.15, 0.2) is 5.78 Å². The monoisotopic (exact) mass is 367 g/mol. The summed E-state index contributed by atoms with van der Waals surface area (Å²) in [5.41, 5.74) is 2.42. The molecule has 1 fully saturated rings. The van der Waals surface area contributed by atoms with Crippen LogP contribution in [0, 0.1) is 5.82 Å². The first-order chi connectivity index (χ1) is 13.1. The van der Waals surface area contributed by atoms with Crippen molar-refractivity contribution in [2.75, 3.05) is 31.1 Å². The summed E-state index contributed by atoms with van der Waals surface area (Å²) in [5.74, 6) is 0.560. The molecule has 1 aliphatic carbocycles. The number of fused-ring (bicyclic) bond motifs is 1. The molecule has 0 bridgehead atoms. The van der Waals surface area contributed by atoms with Crippen LogP contribution in [0.4, 0.5) is 10.2 Å². The molecule has 0 spiro atoms. The molecule has 2 heterocycles. The molecule has 0 saturated carbocycles. The second-order valence-corrected chi connectivity index (χ2v) is 7.12. The van der Waals surface area contributed by atoms with Crippen LogP contribution in [0.15, 0.2) is 36.5 Å². The van der Waals surface area contributed by atoms with Crippen molar-refractivity contribution < 1.29 is 14.0 Å². The predicted octanol–water partition coefficient (Wildman–Crippen LogP) is 3.09. The molecule has 1 amide bonds. The lowest BCUT2D eigenvalue weighted by atomic mass is 9.98.